The summed E-state index contributed by atoms with van der Waals surface area (Å²) in [5, 5.41) is 21.8. The minimum Gasteiger partial charge on any atom is -0.481 e. The summed E-state index contributed by atoms with van der Waals surface area (Å²) in [5.74, 6) is -2.44. The summed E-state index contributed by atoms with van der Waals surface area (Å²) in [4.78, 5) is 48.0. The molecule has 262 valence electrons. The molecule has 17 nitrogen and oxygen atoms in total. The lowest BCUT2D eigenvalue weighted by Crippen LogP contribution is -2.31. The summed E-state index contributed by atoms with van der Waals surface area (Å²) < 4.78 is 52.2. The molecule has 0 aliphatic heterocycles. The number of aliphatic carboxylic acids is 2. The van der Waals surface area contributed by atoms with Crippen molar-refractivity contribution in [2.45, 2.75) is 17.7 Å². The molecule has 0 saturated carbocycles. The van der Waals surface area contributed by atoms with Crippen molar-refractivity contribution >= 4 is 39.6 Å². The molecule has 0 aliphatic rings. The normalized spacial score (nSPS) is 10.7. The largest absolute Gasteiger partial charge is 0.481 e. The first-order valence-corrected chi connectivity index (χ1v) is 15.9. The zero-order valence-corrected chi connectivity index (χ0v) is 26.9. The van der Waals surface area contributed by atoms with Crippen LogP contribution < -0.4 is 15.4 Å². The highest BCUT2D eigenvalue weighted by Crippen LogP contribution is 2.14. The van der Waals surface area contributed by atoms with E-state index >= 15 is 0 Å². The van der Waals surface area contributed by atoms with Gasteiger partial charge in [-0.2, -0.15) is 0 Å². The van der Waals surface area contributed by atoms with Crippen molar-refractivity contribution in [1.82, 2.24) is 15.6 Å². The van der Waals surface area contributed by atoms with Crippen LogP contribution in [0, 0.1) is 0 Å². The zero-order valence-electron chi connectivity index (χ0n) is 26.1. The van der Waals surface area contributed by atoms with Gasteiger partial charge in [0, 0.05) is 39.4 Å². The van der Waals surface area contributed by atoms with Crippen LogP contribution in [0.15, 0.2) is 53.6 Å². The molecular formula is C29H42N4O13S. The van der Waals surface area contributed by atoms with E-state index in [2.05, 4.69) is 25.1 Å². The molecular weight excluding hydrogens is 644 g/mol. The number of carbonyl (C=O) groups is 4. The molecule has 0 radical (unpaired) electrons. The highest BCUT2D eigenvalue weighted by molar-refractivity contribution is 7.92. The van der Waals surface area contributed by atoms with Gasteiger partial charge >= 0.3 is 11.9 Å². The molecule has 18 heteroatoms. The van der Waals surface area contributed by atoms with E-state index in [1.807, 2.05) is 0 Å². The van der Waals surface area contributed by atoms with Gasteiger partial charge in [0.05, 0.1) is 50.1 Å². The average molecular weight is 687 g/mol. The lowest BCUT2D eigenvalue weighted by Gasteiger charge is -2.09. The average Bonchev–Trinajstić information content (AvgIpc) is 3.04. The fourth-order valence-electron chi connectivity index (χ4n) is 3.17. The molecule has 0 spiro atoms. The molecule has 0 saturated heterocycles. The van der Waals surface area contributed by atoms with Gasteiger partial charge in [0.1, 0.15) is 19.0 Å². The van der Waals surface area contributed by atoms with Crippen molar-refractivity contribution in [1.29, 1.82) is 0 Å². The molecule has 0 unspecified atom stereocenters. The minimum atomic E-state index is -3.77. The summed E-state index contributed by atoms with van der Waals surface area (Å²) in [6.07, 6.45) is 2.07. The predicted molar refractivity (Wildman–Crippen MR) is 166 cm³/mol. The number of hydrogen-bond acceptors (Lipinski definition) is 12. The third-order valence-electron chi connectivity index (χ3n) is 5.36. The van der Waals surface area contributed by atoms with Gasteiger partial charge in [-0.3, -0.25) is 19.1 Å². The van der Waals surface area contributed by atoms with Gasteiger partial charge in [-0.25, -0.2) is 18.2 Å². The van der Waals surface area contributed by atoms with Crippen molar-refractivity contribution in [2.24, 2.45) is 0 Å². The van der Waals surface area contributed by atoms with Crippen LogP contribution in [0.1, 0.15) is 23.2 Å². The number of pyridine rings is 1. The van der Waals surface area contributed by atoms with E-state index in [-0.39, 0.29) is 94.5 Å². The van der Waals surface area contributed by atoms with Gasteiger partial charge in [-0.1, -0.05) is 18.2 Å². The smallest absolute Gasteiger partial charge is 0.329 e. The van der Waals surface area contributed by atoms with E-state index in [0.717, 1.165) is 0 Å². The Hall–Kier alpha value is -4.20. The second-order valence-electron chi connectivity index (χ2n) is 9.17. The fraction of sp³-hybridized carbons (Fsp3) is 0.483. The first-order valence-electron chi connectivity index (χ1n) is 14.4. The molecule has 1 heterocycles. The molecule has 0 atom stereocenters. The van der Waals surface area contributed by atoms with Crippen LogP contribution in [0.3, 0.4) is 0 Å². The number of anilines is 1. The molecule has 0 fully saturated rings. The number of methoxy groups -OCH3 is 1. The van der Waals surface area contributed by atoms with E-state index in [4.69, 9.17) is 29.2 Å². The number of hydrogen-bond donors (Lipinski definition) is 5. The van der Waals surface area contributed by atoms with Gasteiger partial charge in [-0.15, -0.1) is 0 Å². The van der Waals surface area contributed by atoms with Gasteiger partial charge < -0.3 is 44.5 Å². The van der Waals surface area contributed by atoms with Crippen LogP contribution in [0.25, 0.3) is 0 Å². The molecule has 0 bridgehead atoms. The number of benzene rings is 1. The van der Waals surface area contributed by atoms with Gasteiger partial charge in [0.2, 0.25) is 5.91 Å². The second-order valence-corrected chi connectivity index (χ2v) is 10.9. The number of carboxylic acid groups (broad SMARTS) is 2. The number of carbonyl (C=O) groups excluding carboxylic acids is 2. The molecule has 1 aromatic carbocycles. The topological polar surface area (TPSA) is 238 Å². The number of nitrogens with zero attached hydrogens (tertiary/aromatic N) is 1. The van der Waals surface area contributed by atoms with E-state index in [1.165, 1.54) is 30.5 Å². The standard InChI is InChI=1S/C24H32N4O10S.C5H10O3/c29-22(25-8-10-35-13-15-38-18-23(30)31)17-37-14-12-36-11-9-26-24(32)19-6-7-21(27-16-19)28-39(33,34)20-4-2-1-3-5-20;1-8-4-2-3-5(6)7/h1-7,16H,8-15,17-18H2,(H,25,29)(H,26,32)(H,27,28)(H,30,31);2-4H2,1H3,(H,6,7). The van der Waals surface area contributed by atoms with E-state index in [9.17, 15) is 27.6 Å². The van der Waals surface area contributed by atoms with E-state index in [1.54, 1.807) is 25.3 Å². The van der Waals surface area contributed by atoms with Crippen molar-refractivity contribution in [2.75, 3.05) is 84.4 Å². The number of sulfonamides is 1. The fourth-order valence-corrected chi connectivity index (χ4v) is 4.20. The van der Waals surface area contributed by atoms with Crippen LogP contribution in [-0.4, -0.2) is 127 Å². The van der Waals surface area contributed by atoms with E-state index in [0.29, 0.717) is 13.0 Å². The first-order chi connectivity index (χ1) is 22.5. The summed E-state index contributed by atoms with van der Waals surface area (Å²) in [5.41, 5.74) is 0.254. The van der Waals surface area contributed by atoms with Crippen LogP contribution in [-0.2, 0) is 48.1 Å². The SMILES string of the molecule is COCCCC(=O)O.O=C(O)COCCOCCNC(=O)COCCOCCNC(=O)c1ccc(NS(=O)(=O)c2ccccc2)nc1. The zero-order chi connectivity index (χ0) is 34.8. The summed E-state index contributed by atoms with van der Waals surface area (Å²) in [7, 11) is -2.22. The Morgan fingerprint density at radius 2 is 1.36 bits per heavy atom. The maximum absolute atomic E-state index is 12.3. The maximum Gasteiger partial charge on any atom is 0.329 e. The Balaban J connectivity index is 0.00000122. The number of nitrogens with one attached hydrogen (secondary N) is 3. The molecule has 2 amide bonds. The van der Waals surface area contributed by atoms with E-state index < -0.39 is 27.9 Å². The lowest BCUT2D eigenvalue weighted by atomic mass is 10.2. The van der Waals surface area contributed by atoms with Crippen LogP contribution >= 0.6 is 0 Å². The summed E-state index contributed by atoms with van der Waals surface area (Å²) in [6, 6.07) is 10.7. The highest BCUT2D eigenvalue weighted by atomic mass is 32.2. The van der Waals surface area contributed by atoms with Crippen LogP contribution in [0.4, 0.5) is 5.82 Å². The lowest BCUT2D eigenvalue weighted by molar-refractivity contribution is -0.143. The molecule has 47 heavy (non-hydrogen) atoms. The highest BCUT2D eigenvalue weighted by Gasteiger charge is 2.14. The molecule has 1 aromatic heterocycles. The quantitative estimate of drug-likeness (QED) is 0.0939. The Labute approximate surface area is 272 Å². The first kappa shape index (κ1) is 40.8. The molecule has 2 aromatic rings. The minimum absolute atomic E-state index is 0.0841. The number of carboxylic acids is 2. The number of rotatable bonds is 24. The Kier molecular flexibility index (Phi) is 21.7. The van der Waals surface area contributed by atoms with Crippen LogP contribution in [0.2, 0.25) is 0 Å². The molecule has 2 rings (SSSR count). The maximum atomic E-state index is 12.3. The van der Waals surface area contributed by atoms with Crippen molar-refractivity contribution in [3.05, 3.63) is 54.2 Å². The Morgan fingerprint density at radius 1 is 0.745 bits per heavy atom. The van der Waals surface area contributed by atoms with Crippen LogP contribution in [0.5, 0.6) is 0 Å². The summed E-state index contributed by atoms with van der Waals surface area (Å²) in [6.45, 7) is 1.76. The number of ether oxygens (including phenoxy) is 5. The molecule has 5 N–H and O–H groups in total. The third kappa shape index (κ3) is 21.3. The Bertz CT molecular complexity index is 1300. The number of amides is 2. The number of aromatic nitrogens is 1. The van der Waals surface area contributed by atoms with Gasteiger partial charge in [0.25, 0.3) is 15.9 Å². The van der Waals surface area contributed by atoms with Gasteiger partial charge in [0.15, 0.2) is 0 Å². The monoisotopic (exact) mass is 686 g/mol. The van der Waals surface area contributed by atoms with Gasteiger partial charge in [-0.05, 0) is 30.7 Å². The summed E-state index contributed by atoms with van der Waals surface area (Å²) >= 11 is 0. The molecule has 0 aliphatic carbocycles. The van der Waals surface area contributed by atoms with Crippen molar-refractivity contribution < 1.29 is 61.5 Å². The van der Waals surface area contributed by atoms with Crippen molar-refractivity contribution in [3.8, 4) is 0 Å². The third-order valence-corrected chi connectivity index (χ3v) is 6.73. The predicted octanol–water partition coefficient (Wildman–Crippen LogP) is 0.377. The second kappa shape index (κ2) is 25.0. The van der Waals surface area contributed by atoms with Crippen molar-refractivity contribution in [3.63, 3.8) is 0 Å². The Morgan fingerprint density at radius 3 is 1.94 bits per heavy atom.